The number of aromatic nitrogens is 4. The number of imidazole rings is 1. The molecule has 2 aliphatic heterocycles. The van der Waals surface area contributed by atoms with Crippen LogP contribution < -0.4 is 19.7 Å². The van der Waals surface area contributed by atoms with Gasteiger partial charge in [0.1, 0.15) is 5.52 Å². The van der Waals surface area contributed by atoms with Crippen LogP contribution in [-0.2, 0) is 6.54 Å². The van der Waals surface area contributed by atoms with Crippen LogP contribution in [0.15, 0.2) is 24.5 Å². The summed E-state index contributed by atoms with van der Waals surface area (Å²) in [5.41, 5.74) is 2.79. The number of hydrogen-bond acceptors (Lipinski definition) is 9. The smallest absolute Gasteiger partial charge is 0.231 e. The van der Waals surface area contributed by atoms with Crippen molar-refractivity contribution in [2.45, 2.75) is 46.3 Å². The molecule has 0 aliphatic carbocycles. The standard InChI is InChI=1S/C25H36N8O2/c1-17(2)33(18(3)4)8-7-26-23-22-24(28-15-27-22)30-25(29-23)32-11-9-31(10-12-32)14-19-5-6-20-21(13-19)35-16-34-20/h5-6,13,15,17-18H,7-12,14,16H2,1-4H3,(H2,26,27,28,29,30). The maximum Gasteiger partial charge on any atom is 0.231 e. The summed E-state index contributed by atoms with van der Waals surface area (Å²) in [7, 11) is 0. The SMILES string of the molecule is CC(C)N(CCNc1nc(N2CCN(Cc3ccc4c(c3)OCO4)CC2)nc2nc[nH]c12)C(C)C. The van der Waals surface area contributed by atoms with Crippen LogP contribution in [-0.4, -0.2) is 87.9 Å². The van der Waals surface area contributed by atoms with Gasteiger partial charge in [0.05, 0.1) is 6.33 Å². The fraction of sp³-hybridized carbons (Fsp3) is 0.560. The average molecular weight is 481 g/mol. The van der Waals surface area contributed by atoms with Gasteiger partial charge in [-0.15, -0.1) is 0 Å². The first-order valence-electron chi connectivity index (χ1n) is 12.5. The number of hydrogen-bond donors (Lipinski definition) is 2. The van der Waals surface area contributed by atoms with Crippen molar-refractivity contribution in [2.75, 3.05) is 56.3 Å². The largest absolute Gasteiger partial charge is 0.454 e. The van der Waals surface area contributed by atoms with Crippen LogP contribution >= 0.6 is 0 Å². The van der Waals surface area contributed by atoms with Crippen molar-refractivity contribution >= 4 is 22.9 Å². The Kier molecular flexibility index (Phi) is 6.92. The highest BCUT2D eigenvalue weighted by Gasteiger charge is 2.22. The van der Waals surface area contributed by atoms with Crippen molar-refractivity contribution in [1.29, 1.82) is 0 Å². The van der Waals surface area contributed by atoms with E-state index in [1.807, 2.05) is 6.07 Å². The van der Waals surface area contributed by atoms with E-state index in [9.17, 15) is 0 Å². The van der Waals surface area contributed by atoms with E-state index in [4.69, 9.17) is 19.4 Å². The Morgan fingerprint density at radius 1 is 1.03 bits per heavy atom. The Morgan fingerprint density at radius 2 is 1.80 bits per heavy atom. The molecular weight excluding hydrogens is 444 g/mol. The van der Waals surface area contributed by atoms with E-state index in [2.05, 4.69) is 69.8 Å². The van der Waals surface area contributed by atoms with Crippen molar-refractivity contribution in [1.82, 2.24) is 29.7 Å². The highest BCUT2D eigenvalue weighted by atomic mass is 16.7. The summed E-state index contributed by atoms with van der Waals surface area (Å²) in [6, 6.07) is 7.20. The van der Waals surface area contributed by atoms with Crippen LogP contribution in [0.2, 0.25) is 0 Å². The van der Waals surface area contributed by atoms with Gasteiger partial charge >= 0.3 is 0 Å². The molecule has 1 saturated heterocycles. The summed E-state index contributed by atoms with van der Waals surface area (Å²) in [5, 5.41) is 3.53. The molecule has 3 aromatic rings. The molecule has 2 aliphatic rings. The van der Waals surface area contributed by atoms with Crippen molar-refractivity contribution < 1.29 is 9.47 Å². The molecule has 4 heterocycles. The summed E-state index contributed by atoms with van der Waals surface area (Å²) in [4.78, 5) is 24.4. The quantitative estimate of drug-likeness (QED) is 0.479. The maximum atomic E-state index is 5.52. The van der Waals surface area contributed by atoms with Gasteiger partial charge in [-0.2, -0.15) is 9.97 Å². The number of piperazine rings is 1. The molecule has 0 saturated carbocycles. The van der Waals surface area contributed by atoms with Crippen molar-refractivity contribution in [3.05, 3.63) is 30.1 Å². The van der Waals surface area contributed by atoms with E-state index in [1.165, 1.54) is 5.56 Å². The topological polar surface area (TPSA) is 94.7 Å². The zero-order chi connectivity index (χ0) is 24.4. The minimum atomic E-state index is 0.308. The Balaban J connectivity index is 1.21. The summed E-state index contributed by atoms with van der Waals surface area (Å²) >= 11 is 0. The second-order valence-electron chi connectivity index (χ2n) is 9.78. The predicted octanol–water partition coefficient (Wildman–Crippen LogP) is 2.93. The monoisotopic (exact) mass is 480 g/mol. The van der Waals surface area contributed by atoms with Gasteiger partial charge in [0.15, 0.2) is 23.0 Å². The predicted molar refractivity (Wildman–Crippen MR) is 137 cm³/mol. The summed E-state index contributed by atoms with van der Waals surface area (Å²) in [6.07, 6.45) is 1.69. The molecule has 188 valence electrons. The first kappa shape index (κ1) is 23.6. The molecule has 0 radical (unpaired) electrons. The lowest BCUT2D eigenvalue weighted by molar-refractivity contribution is 0.174. The number of ether oxygens (including phenoxy) is 2. The number of fused-ring (bicyclic) bond motifs is 2. The molecule has 0 bridgehead atoms. The molecule has 0 unspecified atom stereocenters. The number of H-pyrrole nitrogens is 1. The maximum absolute atomic E-state index is 5.52. The van der Waals surface area contributed by atoms with E-state index in [0.717, 1.165) is 74.6 Å². The summed E-state index contributed by atoms with van der Waals surface area (Å²) < 4.78 is 11.0. The molecule has 10 heteroatoms. The number of aromatic amines is 1. The van der Waals surface area contributed by atoms with Crippen LogP contribution in [0.3, 0.4) is 0 Å². The molecule has 1 aromatic carbocycles. The Morgan fingerprint density at radius 3 is 2.57 bits per heavy atom. The molecule has 0 atom stereocenters. The van der Waals surface area contributed by atoms with Gasteiger partial charge < -0.3 is 24.7 Å². The van der Waals surface area contributed by atoms with Gasteiger partial charge in [-0.25, -0.2) is 4.98 Å². The lowest BCUT2D eigenvalue weighted by Crippen LogP contribution is -2.46. The van der Waals surface area contributed by atoms with Crippen LogP contribution in [0.1, 0.15) is 33.3 Å². The fourth-order valence-electron chi connectivity index (χ4n) is 4.91. The number of nitrogens with zero attached hydrogens (tertiary/aromatic N) is 6. The number of rotatable bonds is 9. The Bertz CT molecular complexity index is 1130. The molecule has 35 heavy (non-hydrogen) atoms. The van der Waals surface area contributed by atoms with Gasteiger partial charge in [-0.05, 0) is 45.4 Å². The lowest BCUT2D eigenvalue weighted by Gasteiger charge is -2.35. The third-order valence-corrected chi connectivity index (χ3v) is 6.76. The zero-order valence-corrected chi connectivity index (χ0v) is 21.1. The minimum absolute atomic E-state index is 0.308. The van der Waals surface area contributed by atoms with E-state index < -0.39 is 0 Å². The number of benzene rings is 1. The molecule has 2 N–H and O–H groups in total. The second-order valence-corrected chi connectivity index (χ2v) is 9.78. The highest BCUT2D eigenvalue weighted by molar-refractivity contribution is 5.83. The zero-order valence-electron chi connectivity index (χ0n) is 21.1. The number of anilines is 2. The van der Waals surface area contributed by atoms with Gasteiger partial charge in [0, 0.05) is 57.9 Å². The normalized spacial score (nSPS) is 16.3. The van der Waals surface area contributed by atoms with Gasteiger partial charge in [-0.1, -0.05) is 6.07 Å². The van der Waals surface area contributed by atoms with Crippen molar-refractivity contribution in [3.8, 4) is 11.5 Å². The van der Waals surface area contributed by atoms with E-state index >= 15 is 0 Å². The second kappa shape index (κ2) is 10.2. The van der Waals surface area contributed by atoms with Crippen molar-refractivity contribution in [3.63, 3.8) is 0 Å². The third kappa shape index (κ3) is 5.28. The van der Waals surface area contributed by atoms with E-state index in [0.29, 0.717) is 24.5 Å². The van der Waals surface area contributed by atoms with Gasteiger partial charge in [-0.3, -0.25) is 9.80 Å². The van der Waals surface area contributed by atoms with Crippen LogP contribution in [0.5, 0.6) is 11.5 Å². The molecule has 2 aromatic heterocycles. The number of nitrogens with one attached hydrogen (secondary N) is 2. The molecule has 0 spiro atoms. The van der Waals surface area contributed by atoms with Crippen LogP contribution in [0, 0.1) is 0 Å². The lowest BCUT2D eigenvalue weighted by atomic mass is 10.1. The average Bonchev–Trinajstić information content (AvgIpc) is 3.50. The minimum Gasteiger partial charge on any atom is -0.454 e. The molecule has 10 nitrogen and oxygen atoms in total. The first-order chi connectivity index (χ1) is 17.0. The van der Waals surface area contributed by atoms with Crippen LogP contribution in [0.25, 0.3) is 11.2 Å². The third-order valence-electron chi connectivity index (χ3n) is 6.76. The summed E-state index contributed by atoms with van der Waals surface area (Å²) in [5.74, 6) is 3.22. The van der Waals surface area contributed by atoms with Gasteiger partial charge in [0.2, 0.25) is 12.7 Å². The van der Waals surface area contributed by atoms with E-state index in [-0.39, 0.29) is 0 Å². The first-order valence-corrected chi connectivity index (χ1v) is 12.5. The Labute approximate surface area is 206 Å². The van der Waals surface area contributed by atoms with Gasteiger partial charge in [0.25, 0.3) is 0 Å². The molecule has 0 amide bonds. The fourth-order valence-corrected chi connectivity index (χ4v) is 4.91. The molecule has 1 fully saturated rings. The van der Waals surface area contributed by atoms with E-state index in [1.54, 1.807) is 6.33 Å². The van der Waals surface area contributed by atoms with Crippen molar-refractivity contribution in [2.24, 2.45) is 0 Å². The molecule has 5 rings (SSSR count). The van der Waals surface area contributed by atoms with Crippen LogP contribution in [0.4, 0.5) is 11.8 Å². The molecular formula is C25H36N8O2. The Hall–Kier alpha value is -3.11. The summed E-state index contributed by atoms with van der Waals surface area (Å²) in [6.45, 7) is 15.5. The highest BCUT2D eigenvalue weighted by Crippen LogP contribution is 2.33.